The maximum absolute atomic E-state index is 12.8. The summed E-state index contributed by atoms with van der Waals surface area (Å²) in [5, 5.41) is 7.30. The molecule has 9 heteroatoms. The van der Waals surface area contributed by atoms with Crippen LogP contribution in [0, 0.1) is 26.7 Å². The summed E-state index contributed by atoms with van der Waals surface area (Å²) < 4.78 is 5.25. The van der Waals surface area contributed by atoms with Crippen LogP contribution in [0.3, 0.4) is 0 Å². The number of nitrogens with zero attached hydrogens (tertiary/aromatic N) is 4. The van der Waals surface area contributed by atoms with E-state index in [1.807, 2.05) is 13.8 Å². The highest BCUT2D eigenvalue weighted by molar-refractivity contribution is 7.13. The van der Waals surface area contributed by atoms with Gasteiger partial charge in [0.25, 0.3) is 5.91 Å². The van der Waals surface area contributed by atoms with Crippen molar-refractivity contribution in [3.63, 3.8) is 0 Å². The SMILES string of the molecule is CNC(=O)[C@@H]1CN(C(=O)c2sc(C)nc2C)C[C@H]1c1nc(C)no1. The van der Waals surface area contributed by atoms with E-state index in [4.69, 9.17) is 4.52 Å². The van der Waals surface area contributed by atoms with Crippen LogP contribution in [0.25, 0.3) is 0 Å². The predicted octanol–water partition coefficient (Wildman–Crippen LogP) is 1.05. The second-order valence-corrected chi connectivity index (χ2v) is 7.07. The summed E-state index contributed by atoms with van der Waals surface area (Å²) in [6, 6.07) is 0. The van der Waals surface area contributed by atoms with Gasteiger partial charge in [0.1, 0.15) is 4.88 Å². The molecule has 2 atom stereocenters. The Hall–Kier alpha value is -2.29. The largest absolute Gasteiger partial charge is 0.359 e. The lowest BCUT2D eigenvalue weighted by Crippen LogP contribution is -2.33. The molecule has 24 heavy (non-hydrogen) atoms. The molecule has 1 N–H and O–H groups in total. The standard InChI is InChI=1S/C15H19N5O3S/c1-7-12(24-9(3)17-7)15(22)20-5-10(13(21)16-4)11(6-20)14-18-8(2)19-23-14/h10-11H,5-6H2,1-4H3,(H,16,21)/t10-,11-/m1/s1. The van der Waals surface area contributed by atoms with Gasteiger partial charge in [-0.2, -0.15) is 4.98 Å². The molecule has 2 aromatic rings. The molecule has 0 saturated carbocycles. The van der Waals surface area contributed by atoms with Crippen LogP contribution >= 0.6 is 11.3 Å². The molecule has 3 rings (SSSR count). The van der Waals surface area contributed by atoms with E-state index in [9.17, 15) is 9.59 Å². The Kier molecular flexibility index (Phi) is 4.35. The molecule has 0 bridgehead atoms. The highest BCUT2D eigenvalue weighted by atomic mass is 32.1. The van der Waals surface area contributed by atoms with E-state index in [0.717, 1.165) is 10.7 Å². The first-order valence-electron chi connectivity index (χ1n) is 7.65. The van der Waals surface area contributed by atoms with E-state index in [-0.39, 0.29) is 17.7 Å². The normalized spacial score (nSPS) is 20.4. The number of amides is 2. The highest BCUT2D eigenvalue weighted by Crippen LogP contribution is 2.33. The molecule has 0 aromatic carbocycles. The smallest absolute Gasteiger partial charge is 0.265 e. The number of hydrogen-bond acceptors (Lipinski definition) is 7. The molecule has 1 fully saturated rings. The summed E-state index contributed by atoms with van der Waals surface area (Å²) in [6.45, 7) is 6.11. The molecule has 8 nitrogen and oxygen atoms in total. The summed E-state index contributed by atoms with van der Waals surface area (Å²) in [5.41, 5.74) is 0.719. The zero-order valence-electron chi connectivity index (χ0n) is 14.0. The number of aryl methyl sites for hydroxylation is 3. The first kappa shape index (κ1) is 16.6. The van der Waals surface area contributed by atoms with Crippen LogP contribution in [-0.4, -0.2) is 52.0 Å². The zero-order chi connectivity index (χ0) is 17.4. The molecule has 0 aliphatic carbocycles. The molecule has 1 aliphatic rings. The minimum atomic E-state index is -0.409. The lowest BCUT2D eigenvalue weighted by molar-refractivity contribution is -0.124. The number of rotatable bonds is 3. The maximum Gasteiger partial charge on any atom is 0.265 e. The number of likely N-dealkylation sites (tertiary alicyclic amines) is 1. The van der Waals surface area contributed by atoms with Crippen LogP contribution in [0.15, 0.2) is 4.52 Å². The topological polar surface area (TPSA) is 101 Å². The molecule has 1 saturated heterocycles. The van der Waals surface area contributed by atoms with E-state index in [2.05, 4.69) is 20.4 Å². The fourth-order valence-electron chi connectivity index (χ4n) is 3.01. The first-order chi connectivity index (χ1) is 11.4. The lowest BCUT2D eigenvalue weighted by atomic mass is 9.95. The third-order valence-electron chi connectivity index (χ3n) is 4.15. The van der Waals surface area contributed by atoms with E-state index >= 15 is 0 Å². The van der Waals surface area contributed by atoms with E-state index < -0.39 is 5.92 Å². The Morgan fingerprint density at radius 3 is 2.54 bits per heavy atom. The Labute approximate surface area is 143 Å². The Bertz CT molecular complexity index is 784. The molecule has 2 amide bonds. The molecular formula is C15H19N5O3S. The summed E-state index contributed by atoms with van der Waals surface area (Å²) in [7, 11) is 1.58. The van der Waals surface area contributed by atoms with Crippen molar-refractivity contribution in [2.75, 3.05) is 20.1 Å². The number of carbonyl (C=O) groups excluding carboxylic acids is 2. The van der Waals surface area contributed by atoms with Gasteiger partial charge in [-0.3, -0.25) is 9.59 Å². The molecule has 0 spiro atoms. The van der Waals surface area contributed by atoms with Crippen molar-refractivity contribution < 1.29 is 14.1 Å². The van der Waals surface area contributed by atoms with Crippen molar-refractivity contribution in [1.82, 2.24) is 25.3 Å². The van der Waals surface area contributed by atoms with Crippen LogP contribution in [-0.2, 0) is 4.79 Å². The van der Waals surface area contributed by atoms with Crippen molar-refractivity contribution in [2.24, 2.45) is 5.92 Å². The van der Waals surface area contributed by atoms with Gasteiger partial charge in [-0.15, -0.1) is 11.3 Å². The average molecular weight is 349 g/mol. The van der Waals surface area contributed by atoms with Gasteiger partial charge in [-0.25, -0.2) is 4.98 Å². The second-order valence-electron chi connectivity index (χ2n) is 5.86. The zero-order valence-corrected chi connectivity index (χ0v) is 14.8. The van der Waals surface area contributed by atoms with Gasteiger partial charge in [0.05, 0.1) is 22.5 Å². The Balaban J connectivity index is 1.87. The van der Waals surface area contributed by atoms with E-state index in [0.29, 0.717) is 29.7 Å². The molecular weight excluding hydrogens is 330 g/mol. The lowest BCUT2D eigenvalue weighted by Gasteiger charge is -2.15. The van der Waals surface area contributed by atoms with Crippen molar-refractivity contribution in [3.8, 4) is 0 Å². The molecule has 0 radical (unpaired) electrons. The quantitative estimate of drug-likeness (QED) is 0.889. The number of thiazole rings is 1. The van der Waals surface area contributed by atoms with Crippen LogP contribution in [0.4, 0.5) is 0 Å². The molecule has 128 valence electrons. The third kappa shape index (κ3) is 2.91. The number of carbonyl (C=O) groups is 2. The van der Waals surface area contributed by atoms with Crippen LogP contribution in [0.5, 0.6) is 0 Å². The third-order valence-corrected chi connectivity index (χ3v) is 5.21. The van der Waals surface area contributed by atoms with Crippen LogP contribution < -0.4 is 5.32 Å². The number of hydrogen-bond donors (Lipinski definition) is 1. The van der Waals surface area contributed by atoms with Gasteiger partial charge >= 0.3 is 0 Å². The molecule has 2 aromatic heterocycles. The van der Waals surface area contributed by atoms with Crippen molar-refractivity contribution in [2.45, 2.75) is 26.7 Å². The fourth-order valence-corrected chi connectivity index (χ4v) is 3.90. The summed E-state index contributed by atoms with van der Waals surface area (Å²) in [6.07, 6.45) is 0. The summed E-state index contributed by atoms with van der Waals surface area (Å²) in [5.74, 6) is -0.0420. The Morgan fingerprint density at radius 1 is 1.25 bits per heavy atom. The minimum Gasteiger partial charge on any atom is -0.359 e. The molecule has 3 heterocycles. The summed E-state index contributed by atoms with van der Waals surface area (Å²) >= 11 is 1.37. The maximum atomic E-state index is 12.8. The average Bonchev–Trinajstić information content (AvgIpc) is 3.24. The minimum absolute atomic E-state index is 0.106. The van der Waals surface area contributed by atoms with Crippen molar-refractivity contribution in [1.29, 1.82) is 0 Å². The van der Waals surface area contributed by atoms with Crippen LogP contribution in [0.2, 0.25) is 0 Å². The summed E-state index contributed by atoms with van der Waals surface area (Å²) in [4.78, 5) is 35.9. The Morgan fingerprint density at radius 2 is 2.00 bits per heavy atom. The second kappa shape index (κ2) is 6.31. The van der Waals surface area contributed by atoms with E-state index in [1.165, 1.54) is 11.3 Å². The van der Waals surface area contributed by atoms with Gasteiger partial charge in [0.2, 0.25) is 11.8 Å². The predicted molar refractivity (Wildman–Crippen MR) is 86.8 cm³/mol. The highest BCUT2D eigenvalue weighted by Gasteiger charge is 2.43. The van der Waals surface area contributed by atoms with Gasteiger partial charge < -0.3 is 14.7 Å². The van der Waals surface area contributed by atoms with E-state index in [1.54, 1.807) is 18.9 Å². The van der Waals surface area contributed by atoms with Gasteiger partial charge in [0, 0.05) is 20.1 Å². The molecule has 0 unspecified atom stereocenters. The van der Waals surface area contributed by atoms with Crippen molar-refractivity contribution in [3.05, 3.63) is 27.3 Å². The van der Waals surface area contributed by atoms with Crippen molar-refractivity contribution >= 4 is 23.2 Å². The van der Waals surface area contributed by atoms with Gasteiger partial charge in [-0.1, -0.05) is 5.16 Å². The molecule has 1 aliphatic heterocycles. The van der Waals surface area contributed by atoms with Gasteiger partial charge in [-0.05, 0) is 20.8 Å². The first-order valence-corrected chi connectivity index (χ1v) is 8.47. The van der Waals surface area contributed by atoms with Crippen LogP contribution in [0.1, 0.15) is 38.0 Å². The monoisotopic (exact) mass is 349 g/mol. The number of nitrogens with one attached hydrogen (secondary N) is 1. The number of aromatic nitrogens is 3. The van der Waals surface area contributed by atoms with Gasteiger partial charge in [0.15, 0.2) is 5.82 Å². The fraction of sp³-hybridized carbons (Fsp3) is 0.533.